The van der Waals surface area contributed by atoms with Crippen LogP contribution in [0.3, 0.4) is 0 Å². The maximum Gasteiger partial charge on any atom is 0.165 e. The van der Waals surface area contributed by atoms with E-state index in [0.717, 1.165) is 0 Å². The molecule has 1 aliphatic heterocycles. The minimum atomic E-state index is -1.21. The van der Waals surface area contributed by atoms with Crippen molar-refractivity contribution in [3.63, 3.8) is 0 Å². The van der Waals surface area contributed by atoms with E-state index in [0.29, 0.717) is 34.6 Å². The average Bonchev–Trinajstić information content (AvgIpc) is 3.27. The molecule has 1 saturated heterocycles. The number of aromatic nitrogens is 4. The standard InChI is InChI=1S/C18H21N5O6/c1-27-11-4-2-3-9(14(11)24)5-10-13-17(21-7-20-10)23(8-22-13)18-16(26)15(25)12(29-18)6-28-19/h2-4,7-8,12,15-16,18,24-26H,5-6,19H2,1H3/t12-,15-,16-,18-/m1/s1. The Labute approximate surface area is 165 Å². The molecule has 2 aromatic heterocycles. The van der Waals surface area contributed by atoms with Crippen LogP contribution in [-0.4, -0.2) is 66.9 Å². The van der Waals surface area contributed by atoms with Crippen molar-refractivity contribution in [3.05, 3.63) is 42.1 Å². The quantitative estimate of drug-likeness (QED) is 0.401. The maximum absolute atomic E-state index is 10.4. The van der Waals surface area contributed by atoms with Crippen molar-refractivity contribution in [3.8, 4) is 11.5 Å². The number of aliphatic hydroxyl groups excluding tert-OH is 2. The Bertz CT molecular complexity index is 1010. The maximum atomic E-state index is 10.4. The lowest BCUT2D eigenvalue weighted by atomic mass is 10.1. The first kappa shape index (κ1) is 19.5. The number of fused-ring (bicyclic) bond motifs is 1. The molecule has 11 nitrogen and oxygen atoms in total. The highest BCUT2D eigenvalue weighted by Crippen LogP contribution is 2.34. The van der Waals surface area contributed by atoms with Gasteiger partial charge in [-0.15, -0.1) is 0 Å². The lowest BCUT2D eigenvalue weighted by molar-refractivity contribution is -0.0660. The molecule has 4 atom stereocenters. The molecule has 4 rings (SSSR count). The van der Waals surface area contributed by atoms with Gasteiger partial charge >= 0.3 is 0 Å². The predicted octanol–water partition coefficient (Wildman–Crippen LogP) is -0.359. The Hall–Kier alpha value is -2.83. The van der Waals surface area contributed by atoms with E-state index < -0.39 is 24.5 Å². The van der Waals surface area contributed by atoms with Crippen LogP contribution in [-0.2, 0) is 16.0 Å². The van der Waals surface area contributed by atoms with Crippen molar-refractivity contribution >= 4 is 11.2 Å². The van der Waals surface area contributed by atoms with Gasteiger partial charge in [0.1, 0.15) is 30.2 Å². The molecular formula is C18H21N5O6. The lowest BCUT2D eigenvalue weighted by Crippen LogP contribution is -2.34. The number of benzene rings is 1. The molecule has 1 fully saturated rings. The molecule has 1 aromatic carbocycles. The third-order valence-electron chi connectivity index (χ3n) is 4.97. The summed E-state index contributed by atoms with van der Waals surface area (Å²) in [7, 11) is 1.48. The summed E-state index contributed by atoms with van der Waals surface area (Å²) >= 11 is 0. The van der Waals surface area contributed by atoms with Crippen molar-refractivity contribution in [2.75, 3.05) is 13.7 Å². The van der Waals surface area contributed by atoms with Crippen molar-refractivity contribution in [1.29, 1.82) is 0 Å². The van der Waals surface area contributed by atoms with Crippen LogP contribution in [0.1, 0.15) is 17.5 Å². The van der Waals surface area contributed by atoms with Crippen LogP contribution < -0.4 is 10.6 Å². The van der Waals surface area contributed by atoms with Crippen molar-refractivity contribution < 1.29 is 29.6 Å². The number of hydrogen-bond donors (Lipinski definition) is 4. The average molecular weight is 403 g/mol. The summed E-state index contributed by atoms with van der Waals surface area (Å²) in [5, 5.41) is 30.9. The molecular weight excluding hydrogens is 382 g/mol. The molecule has 0 radical (unpaired) electrons. The van der Waals surface area contributed by atoms with Gasteiger partial charge in [0, 0.05) is 12.0 Å². The van der Waals surface area contributed by atoms with Crippen molar-refractivity contribution in [2.45, 2.75) is 31.0 Å². The summed E-state index contributed by atoms with van der Waals surface area (Å²) in [5.41, 5.74) is 2.10. The first-order valence-electron chi connectivity index (χ1n) is 8.89. The van der Waals surface area contributed by atoms with Gasteiger partial charge in [-0.2, -0.15) is 0 Å². The number of phenols is 1. The molecule has 3 aromatic rings. The zero-order valence-electron chi connectivity index (χ0n) is 15.5. The summed E-state index contributed by atoms with van der Waals surface area (Å²) in [5.74, 6) is 5.45. The third kappa shape index (κ3) is 3.39. The number of methoxy groups -OCH3 is 1. The zero-order valence-corrected chi connectivity index (χ0v) is 15.5. The molecule has 0 bridgehead atoms. The highest BCUT2D eigenvalue weighted by Gasteiger charge is 2.44. The summed E-state index contributed by atoms with van der Waals surface area (Å²) in [6.45, 7) is -0.0727. The third-order valence-corrected chi connectivity index (χ3v) is 4.97. The second-order valence-corrected chi connectivity index (χ2v) is 6.67. The van der Waals surface area contributed by atoms with E-state index in [9.17, 15) is 15.3 Å². The predicted molar refractivity (Wildman–Crippen MR) is 98.9 cm³/mol. The minimum Gasteiger partial charge on any atom is -0.504 e. The SMILES string of the molecule is COc1cccc(Cc2ncnc3c2ncn3[C@@H]2O[C@H](CON)[C@@H](O)[C@H]2O)c1O. The van der Waals surface area contributed by atoms with Gasteiger partial charge in [-0.05, 0) is 6.07 Å². The van der Waals surface area contributed by atoms with E-state index in [1.54, 1.807) is 18.2 Å². The van der Waals surface area contributed by atoms with Crippen molar-refractivity contribution in [1.82, 2.24) is 19.5 Å². The van der Waals surface area contributed by atoms with Gasteiger partial charge < -0.3 is 29.6 Å². The second-order valence-electron chi connectivity index (χ2n) is 6.67. The summed E-state index contributed by atoms with van der Waals surface area (Å²) in [6, 6.07) is 5.20. The second kappa shape index (κ2) is 7.89. The zero-order chi connectivity index (χ0) is 20.5. The molecule has 0 amide bonds. The fourth-order valence-corrected chi connectivity index (χ4v) is 3.46. The van der Waals surface area contributed by atoms with E-state index >= 15 is 0 Å². The van der Waals surface area contributed by atoms with E-state index in [1.165, 1.54) is 24.3 Å². The number of aliphatic hydroxyl groups is 2. The van der Waals surface area contributed by atoms with E-state index in [4.69, 9.17) is 15.4 Å². The van der Waals surface area contributed by atoms with Crippen molar-refractivity contribution in [2.24, 2.45) is 5.90 Å². The van der Waals surface area contributed by atoms with E-state index in [-0.39, 0.29) is 12.4 Å². The first-order chi connectivity index (χ1) is 14.0. The fraction of sp³-hybridized carbons (Fsp3) is 0.389. The molecule has 5 N–H and O–H groups in total. The number of rotatable bonds is 6. The summed E-state index contributed by atoms with van der Waals surface area (Å²) in [6.07, 6.45) is -0.967. The van der Waals surface area contributed by atoms with E-state index in [2.05, 4.69) is 19.8 Å². The number of hydrogen-bond acceptors (Lipinski definition) is 10. The van der Waals surface area contributed by atoms with Gasteiger partial charge in [0.2, 0.25) is 0 Å². The highest BCUT2D eigenvalue weighted by atomic mass is 16.6. The van der Waals surface area contributed by atoms with Crippen LogP contribution in [0.5, 0.6) is 11.5 Å². The Morgan fingerprint density at radius 3 is 2.79 bits per heavy atom. The van der Waals surface area contributed by atoms with Gasteiger partial charge in [-0.3, -0.25) is 4.57 Å². The van der Waals surface area contributed by atoms with Gasteiger partial charge in [0.15, 0.2) is 23.4 Å². The van der Waals surface area contributed by atoms with Crippen LogP contribution in [0.15, 0.2) is 30.9 Å². The Balaban J connectivity index is 1.68. The summed E-state index contributed by atoms with van der Waals surface area (Å²) < 4.78 is 12.4. The van der Waals surface area contributed by atoms with Gasteiger partial charge in [-0.1, -0.05) is 12.1 Å². The number of nitrogens with two attached hydrogens (primary N) is 1. The van der Waals surface area contributed by atoms with Gasteiger partial charge in [-0.25, -0.2) is 20.8 Å². The number of ether oxygens (including phenoxy) is 2. The molecule has 0 saturated carbocycles. The van der Waals surface area contributed by atoms with Crippen LogP contribution in [0.4, 0.5) is 0 Å². The molecule has 29 heavy (non-hydrogen) atoms. The number of para-hydroxylation sites is 1. The lowest BCUT2D eigenvalue weighted by Gasteiger charge is -2.16. The smallest absolute Gasteiger partial charge is 0.165 e. The number of phenolic OH excluding ortho intramolecular Hbond substituents is 1. The molecule has 3 heterocycles. The fourth-order valence-electron chi connectivity index (χ4n) is 3.46. The number of nitrogens with zero attached hydrogens (tertiary/aromatic N) is 4. The van der Waals surface area contributed by atoms with Gasteiger partial charge in [0.25, 0.3) is 0 Å². The van der Waals surface area contributed by atoms with Crippen LogP contribution >= 0.6 is 0 Å². The minimum absolute atomic E-state index is 0.0310. The monoisotopic (exact) mass is 403 g/mol. The Kier molecular flexibility index (Phi) is 5.30. The normalized spacial score (nSPS) is 24.3. The molecule has 0 aliphatic carbocycles. The van der Waals surface area contributed by atoms with Gasteiger partial charge in [0.05, 0.1) is 25.7 Å². The van der Waals surface area contributed by atoms with Crippen LogP contribution in [0, 0.1) is 0 Å². The molecule has 154 valence electrons. The molecule has 11 heteroatoms. The van der Waals surface area contributed by atoms with Crippen LogP contribution in [0.2, 0.25) is 0 Å². The molecule has 0 spiro atoms. The summed E-state index contributed by atoms with van der Waals surface area (Å²) in [4.78, 5) is 17.4. The Morgan fingerprint density at radius 2 is 2.03 bits per heavy atom. The largest absolute Gasteiger partial charge is 0.504 e. The van der Waals surface area contributed by atoms with E-state index in [1.807, 2.05) is 0 Å². The number of aromatic hydroxyl groups is 1. The Morgan fingerprint density at radius 1 is 1.21 bits per heavy atom. The highest BCUT2D eigenvalue weighted by molar-refractivity contribution is 5.74. The number of imidazole rings is 1. The topological polar surface area (TPSA) is 158 Å². The first-order valence-corrected chi connectivity index (χ1v) is 8.89. The molecule has 1 aliphatic rings. The molecule has 0 unspecified atom stereocenters. The van der Waals surface area contributed by atoms with Crippen LogP contribution in [0.25, 0.3) is 11.2 Å².